The van der Waals surface area contributed by atoms with E-state index in [0.717, 1.165) is 25.8 Å². The first-order valence-electron chi connectivity index (χ1n) is 7.07. The molecule has 1 fully saturated rings. The van der Waals surface area contributed by atoms with Crippen LogP contribution in [-0.2, 0) is 4.79 Å². The van der Waals surface area contributed by atoms with Crippen molar-refractivity contribution < 1.29 is 9.59 Å². The molecule has 114 valence electrons. The lowest BCUT2D eigenvalue weighted by Gasteiger charge is -2.09. The van der Waals surface area contributed by atoms with Crippen LogP contribution in [0.15, 0.2) is 12.3 Å². The van der Waals surface area contributed by atoms with Crippen molar-refractivity contribution in [3.63, 3.8) is 0 Å². The third-order valence-electron chi connectivity index (χ3n) is 3.00. The number of halogens is 1. The number of rotatable bonds is 7. The second kappa shape index (κ2) is 7.26. The number of nitrogens with zero attached hydrogens (tertiary/aromatic N) is 1. The van der Waals surface area contributed by atoms with Gasteiger partial charge in [0.2, 0.25) is 5.91 Å². The van der Waals surface area contributed by atoms with Crippen LogP contribution in [0, 0.1) is 0 Å². The summed E-state index contributed by atoms with van der Waals surface area (Å²) in [6.07, 6.45) is 4.44. The topological polar surface area (TPSA) is 83.1 Å². The van der Waals surface area contributed by atoms with Gasteiger partial charge in [-0.3, -0.25) is 9.59 Å². The first kappa shape index (κ1) is 15.6. The Kier molecular flexibility index (Phi) is 5.38. The number of anilines is 1. The fourth-order valence-corrected chi connectivity index (χ4v) is 1.94. The number of hydrogen-bond donors (Lipinski definition) is 3. The van der Waals surface area contributed by atoms with E-state index in [1.165, 1.54) is 6.20 Å². The van der Waals surface area contributed by atoms with E-state index in [1.54, 1.807) is 6.07 Å². The molecule has 0 radical (unpaired) electrons. The minimum Gasteiger partial charge on any atom is -0.369 e. The summed E-state index contributed by atoms with van der Waals surface area (Å²) in [7, 11) is 0. The number of carbonyl (C=O) groups is 2. The van der Waals surface area contributed by atoms with Crippen molar-refractivity contribution in [2.24, 2.45) is 0 Å². The van der Waals surface area contributed by atoms with Crippen molar-refractivity contribution in [2.75, 3.05) is 18.4 Å². The predicted molar refractivity (Wildman–Crippen MR) is 81.5 cm³/mol. The quantitative estimate of drug-likeness (QED) is 0.714. The summed E-state index contributed by atoms with van der Waals surface area (Å²) in [6, 6.07) is 1.83. The molecule has 0 spiro atoms. The van der Waals surface area contributed by atoms with Crippen molar-refractivity contribution in [1.82, 2.24) is 15.6 Å². The summed E-state index contributed by atoms with van der Waals surface area (Å²) >= 11 is 6.06. The van der Waals surface area contributed by atoms with E-state index in [9.17, 15) is 9.59 Å². The highest BCUT2D eigenvalue weighted by atomic mass is 35.5. The minimum absolute atomic E-state index is 0.0389. The van der Waals surface area contributed by atoms with Gasteiger partial charge in [0.05, 0.1) is 17.1 Å². The zero-order valence-electron chi connectivity index (χ0n) is 11.9. The highest BCUT2D eigenvalue weighted by molar-refractivity contribution is 6.33. The van der Waals surface area contributed by atoms with Gasteiger partial charge in [-0.25, -0.2) is 4.98 Å². The van der Waals surface area contributed by atoms with Crippen molar-refractivity contribution >= 4 is 29.2 Å². The predicted octanol–water partition coefficient (Wildman–Crippen LogP) is 1.57. The molecule has 0 aromatic carbocycles. The first-order valence-corrected chi connectivity index (χ1v) is 7.45. The average Bonchev–Trinajstić information content (AvgIpc) is 3.27. The van der Waals surface area contributed by atoms with Crippen LogP contribution < -0.4 is 16.0 Å². The zero-order valence-corrected chi connectivity index (χ0v) is 12.7. The highest BCUT2D eigenvalue weighted by Gasteiger charge is 2.23. The largest absolute Gasteiger partial charge is 0.369 e. The molecule has 1 saturated carbocycles. The van der Waals surface area contributed by atoms with Crippen LogP contribution in [-0.4, -0.2) is 35.9 Å². The van der Waals surface area contributed by atoms with Gasteiger partial charge in [-0.05, 0) is 25.3 Å². The molecule has 0 bridgehead atoms. The highest BCUT2D eigenvalue weighted by Crippen LogP contribution is 2.20. The van der Waals surface area contributed by atoms with Gasteiger partial charge in [-0.2, -0.15) is 0 Å². The molecule has 1 aliphatic carbocycles. The summed E-state index contributed by atoms with van der Waals surface area (Å²) in [4.78, 5) is 27.5. The molecular formula is C14H19ClN4O2. The van der Waals surface area contributed by atoms with E-state index in [4.69, 9.17) is 11.6 Å². The van der Waals surface area contributed by atoms with Crippen molar-refractivity contribution in [2.45, 2.75) is 32.2 Å². The average molecular weight is 311 g/mol. The van der Waals surface area contributed by atoms with Gasteiger partial charge < -0.3 is 16.0 Å². The molecular weight excluding hydrogens is 292 g/mol. The molecule has 6 nitrogen and oxygen atoms in total. The Morgan fingerprint density at radius 1 is 1.43 bits per heavy atom. The Morgan fingerprint density at radius 2 is 2.19 bits per heavy atom. The molecule has 1 aliphatic rings. The molecule has 0 unspecified atom stereocenters. The molecule has 0 saturated heterocycles. The van der Waals surface area contributed by atoms with Gasteiger partial charge in [-0.15, -0.1) is 0 Å². The molecule has 1 heterocycles. The fraction of sp³-hybridized carbons (Fsp3) is 0.500. The Balaban J connectivity index is 1.86. The summed E-state index contributed by atoms with van der Waals surface area (Å²) in [5.41, 5.74) is 0.335. The van der Waals surface area contributed by atoms with E-state index in [-0.39, 0.29) is 24.4 Å². The molecule has 7 heteroatoms. The lowest BCUT2D eigenvalue weighted by Crippen LogP contribution is -2.37. The van der Waals surface area contributed by atoms with E-state index in [2.05, 4.69) is 20.9 Å². The van der Waals surface area contributed by atoms with Gasteiger partial charge >= 0.3 is 0 Å². The van der Waals surface area contributed by atoms with Crippen LogP contribution in [0.4, 0.5) is 5.82 Å². The van der Waals surface area contributed by atoms with Crippen LogP contribution >= 0.6 is 11.6 Å². The lowest BCUT2D eigenvalue weighted by atomic mass is 10.2. The summed E-state index contributed by atoms with van der Waals surface area (Å²) in [5, 5.41) is 8.81. The fourth-order valence-electron chi connectivity index (χ4n) is 1.70. The van der Waals surface area contributed by atoms with Gasteiger partial charge in [0.15, 0.2) is 0 Å². The SMILES string of the molecule is CCCNc1ncc(C(=O)NCC(=O)NC2CC2)cc1Cl. The second-order valence-corrected chi connectivity index (χ2v) is 5.41. The molecule has 1 aromatic rings. The molecule has 0 atom stereocenters. The maximum atomic E-state index is 11.9. The normalized spacial score (nSPS) is 13.6. The third kappa shape index (κ3) is 4.90. The van der Waals surface area contributed by atoms with E-state index >= 15 is 0 Å². The van der Waals surface area contributed by atoms with Gasteiger partial charge in [0, 0.05) is 18.8 Å². The summed E-state index contributed by atoms with van der Waals surface area (Å²) in [6.45, 7) is 2.76. The molecule has 2 amide bonds. The van der Waals surface area contributed by atoms with Gasteiger partial charge in [-0.1, -0.05) is 18.5 Å². The van der Waals surface area contributed by atoms with Crippen LogP contribution in [0.5, 0.6) is 0 Å². The van der Waals surface area contributed by atoms with Crippen molar-refractivity contribution in [1.29, 1.82) is 0 Å². The Hall–Kier alpha value is -1.82. The van der Waals surface area contributed by atoms with Crippen LogP contribution in [0.3, 0.4) is 0 Å². The van der Waals surface area contributed by atoms with Crippen molar-refractivity contribution in [3.05, 3.63) is 22.8 Å². The smallest absolute Gasteiger partial charge is 0.253 e. The first-order chi connectivity index (χ1) is 10.1. The summed E-state index contributed by atoms with van der Waals surface area (Å²) in [5.74, 6) is 0.0186. The summed E-state index contributed by atoms with van der Waals surface area (Å²) < 4.78 is 0. The molecule has 2 rings (SSSR count). The number of carbonyl (C=O) groups excluding carboxylic acids is 2. The van der Waals surface area contributed by atoms with Crippen LogP contribution in [0.2, 0.25) is 5.02 Å². The van der Waals surface area contributed by atoms with Crippen LogP contribution in [0.1, 0.15) is 36.5 Å². The lowest BCUT2D eigenvalue weighted by molar-refractivity contribution is -0.120. The number of amides is 2. The van der Waals surface area contributed by atoms with E-state index < -0.39 is 0 Å². The van der Waals surface area contributed by atoms with Crippen molar-refractivity contribution in [3.8, 4) is 0 Å². The van der Waals surface area contributed by atoms with E-state index in [1.807, 2.05) is 6.92 Å². The Labute approximate surface area is 128 Å². The molecule has 0 aliphatic heterocycles. The molecule has 21 heavy (non-hydrogen) atoms. The zero-order chi connectivity index (χ0) is 15.2. The maximum absolute atomic E-state index is 11.9. The number of nitrogens with one attached hydrogen (secondary N) is 3. The standard InChI is InChI=1S/C14H19ClN4O2/c1-2-5-16-13-11(15)6-9(7-17-13)14(21)18-8-12(20)19-10-3-4-10/h6-7,10H,2-5,8H2,1H3,(H,16,17)(H,18,21)(H,19,20). The monoisotopic (exact) mass is 310 g/mol. The van der Waals surface area contributed by atoms with E-state index in [0.29, 0.717) is 16.4 Å². The van der Waals surface area contributed by atoms with Gasteiger partial charge in [0.25, 0.3) is 5.91 Å². The minimum atomic E-state index is -0.364. The number of aromatic nitrogens is 1. The Morgan fingerprint density at radius 3 is 2.81 bits per heavy atom. The molecule has 1 aromatic heterocycles. The Bertz CT molecular complexity index is 532. The third-order valence-corrected chi connectivity index (χ3v) is 3.29. The molecule has 3 N–H and O–H groups in total. The number of pyridine rings is 1. The number of hydrogen-bond acceptors (Lipinski definition) is 4. The maximum Gasteiger partial charge on any atom is 0.253 e. The second-order valence-electron chi connectivity index (χ2n) is 5.01. The van der Waals surface area contributed by atoms with Crippen LogP contribution in [0.25, 0.3) is 0 Å². The van der Waals surface area contributed by atoms with Gasteiger partial charge in [0.1, 0.15) is 5.82 Å².